The first-order valence-corrected chi connectivity index (χ1v) is 8.05. The van der Waals surface area contributed by atoms with Gasteiger partial charge in [0.05, 0.1) is 6.61 Å². The summed E-state index contributed by atoms with van der Waals surface area (Å²) in [5, 5.41) is 0. The van der Waals surface area contributed by atoms with Crippen LogP contribution in [0.25, 0.3) is 0 Å². The summed E-state index contributed by atoms with van der Waals surface area (Å²) < 4.78 is 9.81. The Morgan fingerprint density at radius 2 is 1.50 bits per heavy atom. The van der Waals surface area contributed by atoms with E-state index in [1.807, 2.05) is 0 Å². The van der Waals surface area contributed by atoms with Gasteiger partial charge < -0.3 is 9.47 Å². The van der Waals surface area contributed by atoms with E-state index in [1.54, 1.807) is 13.5 Å². The summed E-state index contributed by atoms with van der Waals surface area (Å²) in [5.74, 6) is -0.690. The number of hydrogen-bond donors (Lipinski definition) is 0. The topological polar surface area (TPSA) is 52.6 Å². The molecule has 0 heterocycles. The zero-order valence-electron chi connectivity index (χ0n) is 13.8. The zero-order chi connectivity index (χ0) is 16.6. The average molecular weight is 309 g/mol. The molecule has 0 unspecified atom stereocenters. The van der Waals surface area contributed by atoms with Crippen molar-refractivity contribution in [1.82, 2.24) is 0 Å². The molecule has 0 aromatic carbocycles. The summed E-state index contributed by atoms with van der Waals surface area (Å²) in [7, 11) is 0. The van der Waals surface area contributed by atoms with Gasteiger partial charge in [-0.2, -0.15) is 0 Å². The van der Waals surface area contributed by atoms with Gasteiger partial charge in [-0.15, -0.1) is 0 Å². The van der Waals surface area contributed by atoms with Gasteiger partial charge in [-0.3, -0.25) is 0 Å². The number of esters is 2. The normalized spacial score (nSPS) is 10.0. The third-order valence-corrected chi connectivity index (χ3v) is 3.17. The molecule has 4 heteroatoms. The number of rotatable bonds is 14. The first-order chi connectivity index (χ1) is 10.6. The fourth-order valence-electron chi connectivity index (χ4n) is 1.86. The number of carbonyl (C=O) groups excluding carboxylic acids is 2. The number of carbonyl (C=O) groups is 2. The molecule has 0 aliphatic rings. The first-order valence-electron chi connectivity index (χ1n) is 8.05. The van der Waals surface area contributed by atoms with Crippen molar-refractivity contribution in [3.8, 4) is 0 Å². The Labute approximate surface area is 134 Å². The van der Waals surface area contributed by atoms with Gasteiger partial charge in [0, 0.05) is 11.6 Å². The SMILES string of the molecule is C=CC(=O)OCCCCCCCCCC[CH]OC(=O)C(=C)C. The number of ether oxygens (including phenoxy) is 2. The minimum atomic E-state index is -0.348. The monoisotopic (exact) mass is 309 g/mol. The second-order valence-corrected chi connectivity index (χ2v) is 5.34. The van der Waals surface area contributed by atoms with Crippen LogP contribution < -0.4 is 0 Å². The Bertz CT molecular complexity index is 347. The minimum absolute atomic E-state index is 0.342. The van der Waals surface area contributed by atoms with Gasteiger partial charge in [0.15, 0.2) is 0 Å². The Balaban J connectivity index is 3.14. The van der Waals surface area contributed by atoms with Crippen molar-refractivity contribution in [2.24, 2.45) is 0 Å². The van der Waals surface area contributed by atoms with Crippen molar-refractivity contribution in [2.45, 2.75) is 64.7 Å². The molecule has 1 radical (unpaired) electrons. The molecule has 0 atom stereocenters. The molecule has 4 nitrogen and oxygen atoms in total. The number of unbranched alkanes of at least 4 members (excludes halogenated alkanes) is 8. The maximum Gasteiger partial charge on any atom is 0.333 e. The highest BCUT2D eigenvalue weighted by molar-refractivity contribution is 5.87. The smallest absolute Gasteiger partial charge is 0.333 e. The van der Waals surface area contributed by atoms with Crippen molar-refractivity contribution in [3.63, 3.8) is 0 Å². The molecule has 0 aliphatic carbocycles. The molecule has 0 bridgehead atoms. The summed E-state index contributed by atoms with van der Waals surface area (Å²) in [4.78, 5) is 21.9. The van der Waals surface area contributed by atoms with Crippen LogP contribution in [0.15, 0.2) is 24.8 Å². The Morgan fingerprint density at radius 3 is 2.05 bits per heavy atom. The third-order valence-electron chi connectivity index (χ3n) is 3.17. The van der Waals surface area contributed by atoms with Gasteiger partial charge in [0.1, 0.15) is 6.61 Å². The van der Waals surface area contributed by atoms with Crippen molar-refractivity contribution >= 4 is 11.9 Å². The van der Waals surface area contributed by atoms with Crippen LogP contribution in [0.3, 0.4) is 0 Å². The van der Waals surface area contributed by atoms with E-state index < -0.39 is 0 Å². The quantitative estimate of drug-likeness (QED) is 0.269. The highest BCUT2D eigenvalue weighted by Gasteiger charge is 2.02. The maximum atomic E-state index is 11.1. The number of hydrogen-bond acceptors (Lipinski definition) is 4. The molecule has 0 saturated heterocycles. The fourth-order valence-corrected chi connectivity index (χ4v) is 1.86. The van der Waals surface area contributed by atoms with E-state index >= 15 is 0 Å². The molecule has 0 saturated carbocycles. The molecular formula is C18H29O4. The van der Waals surface area contributed by atoms with Crippen molar-refractivity contribution in [1.29, 1.82) is 0 Å². The van der Waals surface area contributed by atoms with Crippen LogP contribution in [0.4, 0.5) is 0 Å². The van der Waals surface area contributed by atoms with Gasteiger partial charge in [-0.05, 0) is 26.2 Å². The van der Waals surface area contributed by atoms with Crippen LogP contribution >= 0.6 is 0 Å². The molecule has 0 aromatic rings. The molecule has 125 valence electrons. The molecule has 22 heavy (non-hydrogen) atoms. The molecular weight excluding hydrogens is 280 g/mol. The van der Waals surface area contributed by atoms with Crippen LogP contribution in [0.1, 0.15) is 64.7 Å². The second-order valence-electron chi connectivity index (χ2n) is 5.34. The average Bonchev–Trinajstić information content (AvgIpc) is 2.51. The lowest BCUT2D eigenvalue weighted by Gasteiger charge is -2.04. The molecule has 0 rings (SSSR count). The lowest BCUT2D eigenvalue weighted by Crippen LogP contribution is -2.02. The lowest BCUT2D eigenvalue weighted by molar-refractivity contribution is -0.138. The van der Waals surface area contributed by atoms with Gasteiger partial charge in [-0.25, -0.2) is 9.59 Å². The second kappa shape index (κ2) is 14.4. The summed E-state index contributed by atoms with van der Waals surface area (Å²) in [6.07, 6.45) is 11.0. The third kappa shape index (κ3) is 13.4. The molecule has 0 fully saturated rings. The zero-order valence-corrected chi connectivity index (χ0v) is 13.8. The van der Waals surface area contributed by atoms with Gasteiger partial charge >= 0.3 is 11.9 Å². The van der Waals surface area contributed by atoms with Gasteiger partial charge in [0.25, 0.3) is 0 Å². The van der Waals surface area contributed by atoms with Crippen LogP contribution in [0.2, 0.25) is 0 Å². The van der Waals surface area contributed by atoms with E-state index in [0.717, 1.165) is 32.1 Å². The van der Waals surface area contributed by atoms with E-state index in [-0.39, 0.29) is 11.9 Å². The van der Waals surface area contributed by atoms with E-state index in [9.17, 15) is 9.59 Å². The largest absolute Gasteiger partial charge is 0.463 e. The minimum Gasteiger partial charge on any atom is -0.463 e. The predicted octanol–water partition coefficient (Wildman–Crippen LogP) is 4.51. The van der Waals surface area contributed by atoms with Crippen molar-refractivity contribution in [2.75, 3.05) is 6.61 Å². The van der Waals surface area contributed by atoms with E-state index in [4.69, 9.17) is 9.47 Å². The van der Waals surface area contributed by atoms with Crippen LogP contribution in [0, 0.1) is 6.61 Å². The van der Waals surface area contributed by atoms with E-state index in [0.29, 0.717) is 12.2 Å². The maximum absolute atomic E-state index is 11.1. The molecule has 0 aliphatic heterocycles. The van der Waals surface area contributed by atoms with Crippen molar-refractivity contribution in [3.05, 3.63) is 31.4 Å². The summed E-state index contributed by atoms with van der Waals surface area (Å²) >= 11 is 0. The molecule has 0 spiro atoms. The summed E-state index contributed by atoms with van der Waals surface area (Å²) in [6.45, 7) is 10.6. The Morgan fingerprint density at radius 1 is 0.955 bits per heavy atom. The Hall–Kier alpha value is -1.58. The van der Waals surface area contributed by atoms with Crippen LogP contribution in [-0.4, -0.2) is 18.5 Å². The standard InChI is InChI=1S/C18H29O4/c1-4-17(19)21-14-12-10-8-6-5-7-9-11-13-15-22-18(20)16(2)3/h4,15H,1-2,5-14H2,3H3. The van der Waals surface area contributed by atoms with Crippen molar-refractivity contribution < 1.29 is 19.1 Å². The first kappa shape index (κ1) is 20.4. The van der Waals surface area contributed by atoms with E-state index in [2.05, 4.69) is 13.2 Å². The molecule has 0 aromatic heterocycles. The fraction of sp³-hybridized carbons (Fsp3) is 0.611. The van der Waals surface area contributed by atoms with Crippen LogP contribution in [0.5, 0.6) is 0 Å². The van der Waals surface area contributed by atoms with Crippen LogP contribution in [-0.2, 0) is 19.1 Å². The highest BCUT2D eigenvalue weighted by atomic mass is 16.5. The van der Waals surface area contributed by atoms with E-state index in [1.165, 1.54) is 31.8 Å². The lowest BCUT2D eigenvalue weighted by atomic mass is 10.1. The van der Waals surface area contributed by atoms with Gasteiger partial charge in [0.2, 0.25) is 0 Å². The highest BCUT2D eigenvalue weighted by Crippen LogP contribution is 2.11. The molecule has 0 N–H and O–H groups in total. The Kier molecular flexibility index (Phi) is 13.3. The van der Waals surface area contributed by atoms with Gasteiger partial charge in [-0.1, -0.05) is 51.7 Å². The predicted molar refractivity (Wildman–Crippen MR) is 87.9 cm³/mol. The summed E-state index contributed by atoms with van der Waals surface area (Å²) in [6, 6.07) is 0. The summed E-state index contributed by atoms with van der Waals surface area (Å²) in [5.41, 5.74) is 0.426. The molecule has 0 amide bonds.